The number of piperidine rings is 1. The number of aromatic nitrogens is 1. The maximum Gasteiger partial charge on any atom is 0.226 e. The first kappa shape index (κ1) is 18.1. The number of amides is 1. The lowest BCUT2D eigenvalue weighted by atomic mass is 9.99. The van der Waals surface area contributed by atoms with Crippen LogP contribution in [0.4, 0.5) is 5.13 Å². The number of thiazole rings is 1. The zero-order chi connectivity index (χ0) is 17.6. The summed E-state index contributed by atoms with van der Waals surface area (Å²) in [6.45, 7) is 7.65. The molecule has 0 spiro atoms. The van der Waals surface area contributed by atoms with Crippen LogP contribution in [0, 0.1) is 12.8 Å². The van der Waals surface area contributed by atoms with Crippen molar-refractivity contribution in [3.63, 3.8) is 0 Å². The fourth-order valence-electron chi connectivity index (χ4n) is 3.14. The minimum Gasteiger partial charge on any atom is -0.302 e. The summed E-state index contributed by atoms with van der Waals surface area (Å²) in [5.74, 6) is 0.884. The zero-order valence-corrected chi connectivity index (χ0v) is 15.9. The summed E-state index contributed by atoms with van der Waals surface area (Å²) in [6.07, 6.45) is 3.81. The average Bonchev–Trinajstić information content (AvgIpc) is 2.95. The second-order valence-corrected chi connectivity index (χ2v) is 8.10. The molecule has 0 radical (unpaired) electrons. The van der Waals surface area contributed by atoms with E-state index in [1.165, 1.54) is 23.3 Å². The van der Waals surface area contributed by atoms with Crippen molar-refractivity contribution in [3.8, 4) is 0 Å². The minimum atomic E-state index is 0.0379. The molecule has 1 aromatic carbocycles. The first-order valence-corrected chi connectivity index (χ1v) is 9.94. The molecular formula is C20H27N3OS. The summed E-state index contributed by atoms with van der Waals surface area (Å²) >= 11 is 1.62. The summed E-state index contributed by atoms with van der Waals surface area (Å²) in [5.41, 5.74) is 2.23. The zero-order valence-electron chi connectivity index (χ0n) is 15.1. The Kier molecular flexibility index (Phi) is 6.21. The Morgan fingerprint density at radius 3 is 2.72 bits per heavy atom. The fourth-order valence-corrected chi connectivity index (χ4v) is 4.16. The number of hydrogen-bond acceptors (Lipinski definition) is 4. The molecule has 0 aliphatic carbocycles. The average molecular weight is 358 g/mol. The molecule has 3 rings (SSSR count). The highest BCUT2D eigenvalue weighted by atomic mass is 32.1. The molecular weight excluding hydrogens is 330 g/mol. The molecule has 0 unspecified atom stereocenters. The van der Waals surface area contributed by atoms with E-state index >= 15 is 0 Å². The Hall–Kier alpha value is -1.72. The predicted octanol–water partition coefficient (Wildman–Crippen LogP) is 4.25. The third-order valence-electron chi connectivity index (χ3n) is 4.87. The van der Waals surface area contributed by atoms with Crippen LogP contribution in [0.25, 0.3) is 0 Å². The summed E-state index contributed by atoms with van der Waals surface area (Å²) in [5, 5.41) is 3.70. The quantitative estimate of drug-likeness (QED) is 0.840. The van der Waals surface area contributed by atoms with Gasteiger partial charge in [-0.05, 0) is 50.8 Å². The van der Waals surface area contributed by atoms with Crippen LogP contribution < -0.4 is 5.32 Å². The molecule has 1 aromatic heterocycles. The van der Waals surface area contributed by atoms with Crippen molar-refractivity contribution in [2.45, 2.75) is 46.1 Å². The van der Waals surface area contributed by atoms with Gasteiger partial charge in [0.1, 0.15) is 0 Å². The molecule has 2 aromatic rings. The molecule has 1 aliphatic heterocycles. The fraction of sp³-hybridized carbons (Fsp3) is 0.500. The second-order valence-electron chi connectivity index (χ2n) is 7.02. The lowest BCUT2D eigenvalue weighted by Gasteiger charge is -2.29. The van der Waals surface area contributed by atoms with Crippen LogP contribution in [0.5, 0.6) is 0 Å². The molecule has 25 heavy (non-hydrogen) atoms. The molecule has 1 N–H and O–H groups in total. The number of rotatable bonds is 6. The highest BCUT2D eigenvalue weighted by Crippen LogP contribution is 2.26. The number of carbonyl (C=O) groups is 1. The Morgan fingerprint density at radius 2 is 2.00 bits per heavy atom. The molecule has 1 aliphatic rings. The molecule has 134 valence electrons. The number of nitrogens with one attached hydrogen (secondary N) is 1. The number of nitrogens with zero attached hydrogens (tertiary/aromatic N) is 2. The summed E-state index contributed by atoms with van der Waals surface area (Å²) in [7, 11) is 0. The van der Waals surface area contributed by atoms with E-state index in [9.17, 15) is 4.79 Å². The highest BCUT2D eigenvalue weighted by molar-refractivity contribution is 7.15. The molecule has 1 saturated heterocycles. The normalized spacial score (nSPS) is 16.1. The van der Waals surface area contributed by atoms with Crippen LogP contribution in [-0.4, -0.2) is 28.9 Å². The second kappa shape index (κ2) is 8.59. The summed E-state index contributed by atoms with van der Waals surface area (Å²) in [6, 6.07) is 10.1. The Morgan fingerprint density at radius 1 is 1.28 bits per heavy atom. The van der Waals surface area contributed by atoms with E-state index in [0.29, 0.717) is 6.42 Å². The molecule has 0 atom stereocenters. The van der Waals surface area contributed by atoms with E-state index in [-0.39, 0.29) is 5.91 Å². The summed E-state index contributed by atoms with van der Waals surface area (Å²) < 4.78 is 0. The van der Waals surface area contributed by atoms with Gasteiger partial charge in [-0.1, -0.05) is 37.3 Å². The molecule has 2 heterocycles. The van der Waals surface area contributed by atoms with Crippen molar-refractivity contribution in [1.82, 2.24) is 9.88 Å². The van der Waals surface area contributed by atoms with Gasteiger partial charge in [0.25, 0.3) is 0 Å². The van der Waals surface area contributed by atoms with Gasteiger partial charge in [-0.3, -0.25) is 9.69 Å². The number of carbonyl (C=O) groups excluding carboxylic acids is 1. The molecule has 4 nitrogen and oxygen atoms in total. The Bertz CT molecular complexity index is 690. The Labute approximate surface area is 154 Å². The highest BCUT2D eigenvalue weighted by Gasteiger charge is 2.18. The van der Waals surface area contributed by atoms with E-state index in [1.807, 2.05) is 25.1 Å². The van der Waals surface area contributed by atoms with Gasteiger partial charge in [0.2, 0.25) is 5.91 Å². The van der Waals surface area contributed by atoms with Gasteiger partial charge >= 0.3 is 0 Å². The van der Waals surface area contributed by atoms with Crippen molar-refractivity contribution in [3.05, 3.63) is 46.5 Å². The van der Waals surface area contributed by atoms with Crippen LogP contribution in [0.15, 0.2) is 30.3 Å². The molecule has 1 fully saturated rings. The van der Waals surface area contributed by atoms with Crippen molar-refractivity contribution >= 4 is 22.4 Å². The van der Waals surface area contributed by atoms with Crippen LogP contribution in [0.3, 0.4) is 0 Å². The third kappa shape index (κ3) is 5.38. The minimum absolute atomic E-state index is 0.0379. The van der Waals surface area contributed by atoms with Crippen LogP contribution >= 0.6 is 11.3 Å². The predicted molar refractivity (Wildman–Crippen MR) is 104 cm³/mol. The lowest BCUT2D eigenvalue weighted by Crippen LogP contribution is -2.32. The van der Waals surface area contributed by atoms with Crippen molar-refractivity contribution < 1.29 is 4.79 Å². The lowest BCUT2D eigenvalue weighted by molar-refractivity contribution is -0.116. The summed E-state index contributed by atoms with van der Waals surface area (Å²) in [4.78, 5) is 20.5. The van der Waals surface area contributed by atoms with Crippen LogP contribution in [0.1, 0.15) is 42.3 Å². The number of likely N-dealkylation sites (tertiary alicyclic amines) is 1. The van der Waals surface area contributed by atoms with Crippen molar-refractivity contribution in [2.75, 3.05) is 18.4 Å². The van der Waals surface area contributed by atoms with Crippen LogP contribution in [0.2, 0.25) is 0 Å². The van der Waals surface area contributed by atoms with Gasteiger partial charge in [0.05, 0.1) is 5.69 Å². The van der Waals surface area contributed by atoms with E-state index in [1.54, 1.807) is 11.3 Å². The first-order valence-electron chi connectivity index (χ1n) is 9.12. The monoisotopic (exact) mass is 357 g/mol. The molecule has 5 heteroatoms. The van der Waals surface area contributed by atoms with E-state index in [0.717, 1.165) is 42.8 Å². The van der Waals surface area contributed by atoms with E-state index in [2.05, 4.69) is 34.3 Å². The van der Waals surface area contributed by atoms with Gasteiger partial charge in [0.15, 0.2) is 5.13 Å². The SMILES string of the molecule is Cc1nc(NC(=O)CCc2ccccc2)sc1CN1CCC(C)CC1. The largest absolute Gasteiger partial charge is 0.302 e. The number of benzene rings is 1. The third-order valence-corrected chi connectivity index (χ3v) is 5.92. The standard InChI is InChI=1S/C20H27N3OS/c1-15-10-12-23(13-11-15)14-18-16(2)21-20(25-18)22-19(24)9-8-17-6-4-3-5-7-17/h3-7,15H,8-14H2,1-2H3,(H,21,22,24). The maximum absolute atomic E-state index is 12.2. The van der Waals surface area contributed by atoms with Gasteiger partial charge in [-0.2, -0.15) is 0 Å². The Balaban J connectivity index is 1.50. The topological polar surface area (TPSA) is 45.2 Å². The van der Waals surface area contributed by atoms with E-state index in [4.69, 9.17) is 0 Å². The van der Waals surface area contributed by atoms with Crippen molar-refractivity contribution in [2.24, 2.45) is 5.92 Å². The van der Waals surface area contributed by atoms with E-state index < -0.39 is 0 Å². The van der Waals surface area contributed by atoms with Gasteiger partial charge in [-0.25, -0.2) is 4.98 Å². The number of anilines is 1. The molecule has 0 saturated carbocycles. The van der Waals surface area contributed by atoms with Gasteiger partial charge in [0, 0.05) is 17.8 Å². The van der Waals surface area contributed by atoms with Crippen molar-refractivity contribution in [1.29, 1.82) is 0 Å². The number of aryl methyl sites for hydroxylation is 2. The smallest absolute Gasteiger partial charge is 0.226 e. The van der Waals surface area contributed by atoms with Gasteiger partial charge < -0.3 is 5.32 Å². The first-order chi connectivity index (χ1) is 12.1. The van der Waals surface area contributed by atoms with Crippen LogP contribution in [-0.2, 0) is 17.8 Å². The molecule has 0 bridgehead atoms. The molecule has 1 amide bonds. The van der Waals surface area contributed by atoms with Gasteiger partial charge in [-0.15, -0.1) is 11.3 Å². The number of hydrogen-bond donors (Lipinski definition) is 1. The maximum atomic E-state index is 12.2.